The standard InChI is InChI=1S/C27H28N4O6/c1-31(2)16-9-14(11-30-18-5-3-4-6-29-18)23(33)21-15(16)8-12-7-13-10-17(32)22(27(28)37)26(36)20(13)24(34)19(12)25(21)35/h3-6,9,12-13,19-20,22,33H,7-8,10-11H2,1-2H3,(H2,28,37)(H,29,30)/t12-,13+,19?,20?,22?/m1/s1. The predicted octanol–water partition coefficient (Wildman–Crippen LogP) is 1.29. The van der Waals surface area contributed by atoms with Crippen LogP contribution in [0, 0.1) is 29.6 Å². The van der Waals surface area contributed by atoms with E-state index in [1.807, 2.05) is 31.1 Å². The van der Waals surface area contributed by atoms with E-state index in [0.717, 1.165) is 5.69 Å². The molecule has 0 radical (unpaired) electrons. The van der Waals surface area contributed by atoms with Crippen molar-refractivity contribution in [2.45, 2.75) is 25.8 Å². The number of phenols is 1. The van der Waals surface area contributed by atoms with Crippen molar-refractivity contribution in [1.29, 1.82) is 0 Å². The Morgan fingerprint density at radius 3 is 2.49 bits per heavy atom. The second-order valence-electron chi connectivity index (χ2n) is 10.3. The number of carbonyl (C=O) groups is 5. The molecule has 2 saturated carbocycles. The maximum Gasteiger partial charge on any atom is 0.235 e. The first-order valence-electron chi connectivity index (χ1n) is 12.2. The molecular weight excluding hydrogens is 476 g/mol. The van der Waals surface area contributed by atoms with Gasteiger partial charge in [-0.3, -0.25) is 24.0 Å². The topological polar surface area (TPSA) is 160 Å². The molecule has 3 aliphatic rings. The Morgan fingerprint density at radius 1 is 1.11 bits per heavy atom. The van der Waals surface area contributed by atoms with Gasteiger partial charge in [0, 0.05) is 44.5 Å². The number of nitrogens with zero attached hydrogens (tertiary/aromatic N) is 2. The summed E-state index contributed by atoms with van der Waals surface area (Å²) in [5.41, 5.74) is 7.23. The average molecular weight is 505 g/mol. The number of phenolic OH excluding ortho intramolecular Hbond substituents is 1. The van der Waals surface area contributed by atoms with Gasteiger partial charge in [0.1, 0.15) is 11.6 Å². The summed E-state index contributed by atoms with van der Waals surface area (Å²) in [7, 11) is 3.67. The number of hydrogen-bond donors (Lipinski definition) is 3. The average Bonchev–Trinajstić information content (AvgIpc) is 2.83. The number of aromatic nitrogens is 1. The third-order valence-corrected chi connectivity index (χ3v) is 7.89. The normalized spacial score (nSPS) is 26.7. The molecule has 5 rings (SSSR count). The van der Waals surface area contributed by atoms with Gasteiger partial charge < -0.3 is 21.1 Å². The Hall–Kier alpha value is -4.08. The quantitative estimate of drug-likeness (QED) is 0.510. The molecule has 0 saturated heterocycles. The second-order valence-corrected chi connectivity index (χ2v) is 10.3. The molecule has 1 aromatic carbocycles. The Bertz CT molecular complexity index is 1340. The molecule has 10 nitrogen and oxygen atoms in total. The van der Waals surface area contributed by atoms with Gasteiger partial charge in [-0.25, -0.2) is 4.98 Å². The molecule has 2 aromatic rings. The molecule has 5 atom stereocenters. The van der Waals surface area contributed by atoms with Crippen molar-refractivity contribution in [3.63, 3.8) is 0 Å². The molecule has 192 valence electrons. The number of pyridine rings is 1. The number of carbonyl (C=O) groups excluding carboxylic acids is 5. The van der Waals surface area contributed by atoms with Crippen molar-refractivity contribution in [3.8, 4) is 5.75 Å². The number of fused-ring (bicyclic) bond motifs is 3. The van der Waals surface area contributed by atoms with Gasteiger partial charge in [-0.1, -0.05) is 6.07 Å². The van der Waals surface area contributed by atoms with E-state index in [4.69, 9.17) is 5.73 Å². The number of aromatic hydroxyl groups is 1. The number of ketones is 4. The highest BCUT2D eigenvalue weighted by Gasteiger charge is 2.57. The molecule has 1 amide bonds. The van der Waals surface area contributed by atoms with Crippen molar-refractivity contribution in [2.75, 3.05) is 24.3 Å². The summed E-state index contributed by atoms with van der Waals surface area (Å²) in [6.45, 7) is 0.192. The van der Waals surface area contributed by atoms with Crippen LogP contribution in [0.2, 0.25) is 0 Å². The van der Waals surface area contributed by atoms with Crippen molar-refractivity contribution >= 4 is 40.5 Å². The van der Waals surface area contributed by atoms with E-state index in [1.54, 1.807) is 18.3 Å². The summed E-state index contributed by atoms with van der Waals surface area (Å²) >= 11 is 0. The number of benzene rings is 1. The van der Waals surface area contributed by atoms with Crippen LogP contribution < -0.4 is 16.0 Å². The molecule has 2 fully saturated rings. The molecule has 0 aliphatic heterocycles. The summed E-state index contributed by atoms with van der Waals surface area (Å²) < 4.78 is 0. The van der Waals surface area contributed by atoms with Crippen LogP contribution in [0.1, 0.15) is 34.3 Å². The second kappa shape index (κ2) is 9.10. The lowest BCUT2D eigenvalue weighted by Crippen LogP contribution is -2.56. The summed E-state index contributed by atoms with van der Waals surface area (Å²) in [6.07, 6.45) is 2.21. The number of nitrogens with two attached hydrogens (primary N) is 1. The van der Waals surface area contributed by atoms with E-state index in [0.29, 0.717) is 29.8 Å². The predicted molar refractivity (Wildman–Crippen MR) is 133 cm³/mol. The fourth-order valence-electron chi connectivity index (χ4n) is 6.28. The largest absolute Gasteiger partial charge is 0.507 e. The molecule has 1 heterocycles. The van der Waals surface area contributed by atoms with Crippen LogP contribution in [0.3, 0.4) is 0 Å². The minimum Gasteiger partial charge on any atom is -0.507 e. The fraction of sp³-hybridized carbons (Fsp3) is 0.407. The third-order valence-electron chi connectivity index (χ3n) is 7.89. The summed E-state index contributed by atoms with van der Waals surface area (Å²) in [4.78, 5) is 70.8. The van der Waals surface area contributed by atoms with Crippen LogP contribution in [0.4, 0.5) is 11.5 Å². The Balaban J connectivity index is 1.53. The van der Waals surface area contributed by atoms with Crippen LogP contribution in [0.25, 0.3) is 0 Å². The zero-order valence-corrected chi connectivity index (χ0v) is 20.6. The molecule has 10 heteroatoms. The van der Waals surface area contributed by atoms with Gasteiger partial charge >= 0.3 is 0 Å². The number of hydrogen-bond acceptors (Lipinski definition) is 9. The Kier molecular flexibility index (Phi) is 6.05. The van der Waals surface area contributed by atoms with Crippen molar-refractivity contribution in [2.24, 2.45) is 35.3 Å². The third kappa shape index (κ3) is 3.96. The number of amides is 1. The van der Waals surface area contributed by atoms with E-state index in [1.165, 1.54) is 0 Å². The van der Waals surface area contributed by atoms with Gasteiger partial charge in [0.05, 0.1) is 17.4 Å². The first kappa shape index (κ1) is 24.6. The lowest BCUT2D eigenvalue weighted by Gasteiger charge is -2.44. The number of anilines is 2. The van der Waals surface area contributed by atoms with Gasteiger partial charge in [-0.05, 0) is 48.4 Å². The molecule has 3 unspecified atom stereocenters. The molecule has 3 aliphatic carbocycles. The first-order chi connectivity index (χ1) is 17.6. The zero-order valence-electron chi connectivity index (χ0n) is 20.6. The number of Topliss-reactive ketones (excluding diaryl/α,β-unsaturated/α-hetero) is 4. The van der Waals surface area contributed by atoms with Crippen LogP contribution in [-0.2, 0) is 32.1 Å². The summed E-state index contributed by atoms with van der Waals surface area (Å²) in [5, 5.41) is 14.3. The molecule has 37 heavy (non-hydrogen) atoms. The minimum absolute atomic E-state index is 0.0860. The van der Waals surface area contributed by atoms with Crippen LogP contribution in [0.15, 0.2) is 30.5 Å². The lowest BCUT2D eigenvalue weighted by molar-refractivity contribution is -0.152. The van der Waals surface area contributed by atoms with Crippen molar-refractivity contribution < 1.29 is 29.1 Å². The van der Waals surface area contributed by atoms with Gasteiger partial charge in [0.15, 0.2) is 29.1 Å². The minimum atomic E-state index is -1.65. The monoisotopic (exact) mass is 504 g/mol. The molecule has 0 bridgehead atoms. The number of rotatable bonds is 5. The van der Waals surface area contributed by atoms with E-state index >= 15 is 0 Å². The fourth-order valence-corrected chi connectivity index (χ4v) is 6.28. The Morgan fingerprint density at radius 2 is 1.84 bits per heavy atom. The van der Waals surface area contributed by atoms with Crippen molar-refractivity contribution in [1.82, 2.24) is 4.98 Å². The van der Waals surface area contributed by atoms with E-state index in [9.17, 15) is 29.1 Å². The van der Waals surface area contributed by atoms with Gasteiger partial charge in [0.25, 0.3) is 0 Å². The first-order valence-corrected chi connectivity index (χ1v) is 12.2. The molecule has 4 N–H and O–H groups in total. The summed E-state index contributed by atoms with van der Waals surface area (Å²) in [6, 6.07) is 7.20. The lowest BCUT2D eigenvalue weighted by atomic mass is 9.56. The maximum atomic E-state index is 13.8. The summed E-state index contributed by atoms with van der Waals surface area (Å²) in [5.74, 6) is -8.11. The number of primary amides is 1. The van der Waals surface area contributed by atoms with Crippen LogP contribution in [-0.4, -0.2) is 53.2 Å². The molecule has 1 aromatic heterocycles. The number of nitrogens with one attached hydrogen (secondary N) is 1. The van der Waals surface area contributed by atoms with E-state index in [-0.39, 0.29) is 24.3 Å². The zero-order chi connectivity index (χ0) is 26.6. The SMILES string of the molecule is CN(C)c1cc(CNc2ccccn2)c(O)c2c1C[C@H]1C[C@H]3CC(=O)C(C(N)=O)C(=O)C3C(=O)C1C2=O. The Labute approximate surface area is 213 Å². The van der Waals surface area contributed by atoms with Crippen molar-refractivity contribution in [3.05, 3.63) is 47.2 Å². The highest BCUT2D eigenvalue weighted by molar-refractivity contribution is 6.27. The van der Waals surface area contributed by atoms with Crippen LogP contribution in [0.5, 0.6) is 5.75 Å². The van der Waals surface area contributed by atoms with Gasteiger partial charge in [-0.2, -0.15) is 0 Å². The smallest absolute Gasteiger partial charge is 0.235 e. The van der Waals surface area contributed by atoms with Crippen LogP contribution >= 0.6 is 0 Å². The van der Waals surface area contributed by atoms with E-state index in [2.05, 4.69) is 10.3 Å². The molecular formula is C27H28N4O6. The highest BCUT2D eigenvalue weighted by Crippen LogP contribution is 2.50. The highest BCUT2D eigenvalue weighted by atomic mass is 16.3. The maximum absolute atomic E-state index is 13.8. The van der Waals surface area contributed by atoms with Gasteiger partial charge in [-0.15, -0.1) is 0 Å². The van der Waals surface area contributed by atoms with Gasteiger partial charge in [0.2, 0.25) is 5.91 Å². The molecule has 0 spiro atoms. The van der Waals surface area contributed by atoms with E-state index < -0.39 is 58.6 Å².